The Morgan fingerprint density at radius 2 is 2.09 bits per heavy atom. The van der Waals surface area contributed by atoms with Gasteiger partial charge in [0.25, 0.3) is 0 Å². The molecule has 6 heteroatoms. The van der Waals surface area contributed by atoms with Crippen molar-refractivity contribution in [2.75, 3.05) is 33.9 Å². The van der Waals surface area contributed by atoms with Gasteiger partial charge in [-0.3, -0.25) is 0 Å². The van der Waals surface area contributed by atoms with Crippen LogP contribution in [0.3, 0.4) is 0 Å². The van der Waals surface area contributed by atoms with E-state index in [1.165, 1.54) is 14.2 Å². The van der Waals surface area contributed by atoms with Crippen LogP contribution in [-0.2, 0) is 9.47 Å². The topological polar surface area (TPSA) is 59.1 Å². The molecule has 1 heterocycles. The molecule has 6 nitrogen and oxygen atoms in total. The summed E-state index contributed by atoms with van der Waals surface area (Å²) in [6, 6.07) is 0.0162. The van der Waals surface area contributed by atoms with Crippen LogP contribution in [0.4, 0.5) is 9.59 Å². The van der Waals surface area contributed by atoms with E-state index in [2.05, 4.69) is 13.5 Å². The first kappa shape index (κ1) is 19.3. The molecular weight excluding hydrogens is 296 g/mol. The maximum atomic E-state index is 12.0. The van der Waals surface area contributed by atoms with Gasteiger partial charge in [0.15, 0.2) is 0 Å². The highest BCUT2D eigenvalue weighted by Gasteiger charge is 2.35. The number of nitrogens with zero attached hydrogens (tertiary/aromatic N) is 2. The Kier molecular flexibility index (Phi) is 8.51. The Morgan fingerprint density at radius 1 is 1.35 bits per heavy atom. The summed E-state index contributed by atoms with van der Waals surface area (Å²) in [4.78, 5) is 27.5. The molecule has 132 valence electrons. The minimum Gasteiger partial charge on any atom is -0.453 e. The van der Waals surface area contributed by atoms with Gasteiger partial charge in [0.2, 0.25) is 0 Å². The first-order valence-corrected chi connectivity index (χ1v) is 8.37. The number of hydrogen-bond acceptors (Lipinski definition) is 4. The average molecular weight is 326 g/mol. The van der Waals surface area contributed by atoms with Crippen molar-refractivity contribution < 1.29 is 19.1 Å². The second-order valence-corrected chi connectivity index (χ2v) is 5.93. The molecule has 1 rings (SSSR count). The zero-order chi connectivity index (χ0) is 17.2. The quantitative estimate of drug-likeness (QED) is 0.674. The van der Waals surface area contributed by atoms with Crippen LogP contribution in [0.25, 0.3) is 0 Å². The Bertz CT molecular complexity index is 400. The van der Waals surface area contributed by atoms with E-state index < -0.39 is 0 Å². The number of carbonyl (C=O) groups is 2. The second kappa shape index (κ2) is 10.1. The predicted molar refractivity (Wildman–Crippen MR) is 89.3 cm³/mol. The molecule has 2 amide bonds. The fourth-order valence-corrected chi connectivity index (χ4v) is 3.20. The summed E-state index contributed by atoms with van der Waals surface area (Å²) >= 11 is 0. The highest BCUT2D eigenvalue weighted by molar-refractivity contribution is 5.68. The van der Waals surface area contributed by atoms with Crippen LogP contribution in [0.15, 0.2) is 12.7 Å². The van der Waals surface area contributed by atoms with Gasteiger partial charge in [-0.15, -0.1) is 6.58 Å². The van der Waals surface area contributed by atoms with E-state index in [0.29, 0.717) is 26.1 Å². The molecule has 0 aliphatic carbocycles. The summed E-state index contributed by atoms with van der Waals surface area (Å²) in [5.41, 5.74) is 0. The summed E-state index contributed by atoms with van der Waals surface area (Å²) in [5, 5.41) is 0. The molecule has 0 radical (unpaired) electrons. The molecule has 0 N–H and O–H groups in total. The van der Waals surface area contributed by atoms with Crippen LogP contribution in [0.1, 0.15) is 39.0 Å². The number of rotatable bonds is 7. The van der Waals surface area contributed by atoms with Crippen LogP contribution < -0.4 is 0 Å². The lowest BCUT2D eigenvalue weighted by atomic mass is 9.86. The summed E-state index contributed by atoms with van der Waals surface area (Å²) in [6.45, 7) is 7.86. The maximum absolute atomic E-state index is 12.0. The van der Waals surface area contributed by atoms with Crippen molar-refractivity contribution in [2.24, 2.45) is 5.92 Å². The van der Waals surface area contributed by atoms with Crippen molar-refractivity contribution >= 4 is 12.2 Å². The number of likely N-dealkylation sites (tertiary alicyclic amines) is 1. The number of hydrogen-bond donors (Lipinski definition) is 0. The van der Waals surface area contributed by atoms with Crippen molar-refractivity contribution in [3.05, 3.63) is 12.7 Å². The highest BCUT2D eigenvalue weighted by atomic mass is 16.5. The van der Waals surface area contributed by atoms with E-state index in [4.69, 9.17) is 9.47 Å². The number of piperidine rings is 1. The number of amides is 2. The lowest BCUT2D eigenvalue weighted by Gasteiger charge is -2.41. The van der Waals surface area contributed by atoms with Gasteiger partial charge in [-0.2, -0.15) is 0 Å². The van der Waals surface area contributed by atoms with Gasteiger partial charge in [0.1, 0.15) is 0 Å². The van der Waals surface area contributed by atoms with E-state index in [0.717, 1.165) is 25.7 Å². The second-order valence-electron chi connectivity index (χ2n) is 5.93. The summed E-state index contributed by atoms with van der Waals surface area (Å²) in [7, 11) is 2.81. The van der Waals surface area contributed by atoms with Gasteiger partial charge in [-0.25, -0.2) is 9.59 Å². The standard InChI is InChI=1S/C17H30N2O4/c1-5-7-11-18(16(20)22-3)13-14-10-8-12-19(17(21)23-4)15(14)9-6-2/h6,14-15H,2,5,7-13H2,1,3-4H3. The number of ether oxygens (including phenoxy) is 2. The number of unbranched alkanes of at least 4 members (excludes halogenated alkanes) is 1. The summed E-state index contributed by atoms with van der Waals surface area (Å²) in [6.07, 6.45) is 5.76. The molecule has 0 aromatic carbocycles. The van der Waals surface area contributed by atoms with Crippen LogP contribution in [0.5, 0.6) is 0 Å². The normalized spacial score (nSPS) is 20.7. The molecule has 0 spiro atoms. The van der Waals surface area contributed by atoms with Crippen molar-refractivity contribution in [3.8, 4) is 0 Å². The third-order valence-electron chi connectivity index (χ3n) is 4.41. The van der Waals surface area contributed by atoms with Gasteiger partial charge >= 0.3 is 12.2 Å². The lowest BCUT2D eigenvalue weighted by Crippen LogP contribution is -2.52. The molecule has 0 bridgehead atoms. The summed E-state index contributed by atoms with van der Waals surface area (Å²) < 4.78 is 9.80. The fraction of sp³-hybridized carbons (Fsp3) is 0.765. The molecule has 0 aromatic rings. The van der Waals surface area contributed by atoms with E-state index in [1.807, 2.05) is 6.08 Å². The van der Waals surface area contributed by atoms with E-state index in [1.54, 1.807) is 9.80 Å². The molecular formula is C17H30N2O4. The van der Waals surface area contributed by atoms with Crippen molar-refractivity contribution in [1.82, 2.24) is 9.80 Å². The SMILES string of the molecule is C=CCC1C(CN(CCCC)C(=O)OC)CCCN1C(=O)OC. The Hall–Kier alpha value is -1.72. The monoisotopic (exact) mass is 326 g/mol. The van der Waals surface area contributed by atoms with Crippen LogP contribution in [0.2, 0.25) is 0 Å². The third kappa shape index (κ3) is 5.44. The first-order valence-electron chi connectivity index (χ1n) is 8.37. The van der Waals surface area contributed by atoms with Gasteiger partial charge < -0.3 is 19.3 Å². The molecule has 1 aliphatic heterocycles. The zero-order valence-electron chi connectivity index (χ0n) is 14.6. The van der Waals surface area contributed by atoms with E-state index >= 15 is 0 Å². The molecule has 1 aliphatic rings. The number of methoxy groups -OCH3 is 2. The third-order valence-corrected chi connectivity index (χ3v) is 4.41. The maximum Gasteiger partial charge on any atom is 0.409 e. The van der Waals surface area contributed by atoms with Crippen LogP contribution >= 0.6 is 0 Å². The van der Waals surface area contributed by atoms with E-state index in [-0.39, 0.29) is 24.1 Å². The minimum absolute atomic E-state index is 0.0162. The minimum atomic E-state index is -0.306. The molecule has 1 saturated heterocycles. The average Bonchev–Trinajstić information content (AvgIpc) is 2.58. The molecule has 2 unspecified atom stereocenters. The Balaban J connectivity index is 2.84. The van der Waals surface area contributed by atoms with Gasteiger partial charge in [0, 0.05) is 25.7 Å². The largest absolute Gasteiger partial charge is 0.453 e. The smallest absolute Gasteiger partial charge is 0.409 e. The van der Waals surface area contributed by atoms with Gasteiger partial charge in [-0.1, -0.05) is 19.4 Å². The molecule has 2 atom stereocenters. The molecule has 0 saturated carbocycles. The van der Waals surface area contributed by atoms with Crippen molar-refractivity contribution in [2.45, 2.75) is 45.1 Å². The van der Waals surface area contributed by atoms with E-state index in [9.17, 15) is 9.59 Å². The predicted octanol–water partition coefficient (Wildman–Crippen LogP) is 3.28. The Labute approximate surface area is 139 Å². The molecule has 1 fully saturated rings. The lowest BCUT2D eigenvalue weighted by molar-refractivity contribution is 0.0505. The Morgan fingerprint density at radius 3 is 2.65 bits per heavy atom. The van der Waals surface area contributed by atoms with Gasteiger partial charge in [-0.05, 0) is 31.6 Å². The first-order chi connectivity index (χ1) is 11.1. The van der Waals surface area contributed by atoms with Crippen molar-refractivity contribution in [1.29, 1.82) is 0 Å². The van der Waals surface area contributed by atoms with Crippen LogP contribution in [-0.4, -0.2) is 61.9 Å². The van der Waals surface area contributed by atoms with Crippen molar-refractivity contribution in [3.63, 3.8) is 0 Å². The van der Waals surface area contributed by atoms with Crippen LogP contribution in [0, 0.1) is 5.92 Å². The summed E-state index contributed by atoms with van der Waals surface area (Å²) in [5.74, 6) is 0.205. The number of carbonyl (C=O) groups excluding carboxylic acids is 2. The highest BCUT2D eigenvalue weighted by Crippen LogP contribution is 2.28. The van der Waals surface area contributed by atoms with Gasteiger partial charge in [0.05, 0.1) is 14.2 Å². The molecule has 0 aromatic heterocycles. The zero-order valence-corrected chi connectivity index (χ0v) is 14.6. The molecule has 23 heavy (non-hydrogen) atoms. The fourth-order valence-electron chi connectivity index (χ4n) is 3.20.